The number of nitrogens with zero attached hydrogens (tertiary/aromatic N) is 2. The number of hydrogen-bond donors (Lipinski definition) is 2. The number of benzene rings is 1. The Morgan fingerprint density at radius 1 is 1.27 bits per heavy atom. The van der Waals surface area contributed by atoms with Gasteiger partial charge < -0.3 is 10.6 Å². The van der Waals surface area contributed by atoms with Gasteiger partial charge in [0.1, 0.15) is 12.0 Å². The van der Waals surface area contributed by atoms with Crippen LogP contribution in [0.25, 0.3) is 0 Å². The van der Waals surface area contributed by atoms with Crippen LogP contribution in [-0.4, -0.2) is 22.4 Å². The monoisotopic (exact) mass is 300 g/mol. The van der Waals surface area contributed by atoms with Gasteiger partial charge in [0.25, 0.3) is 5.69 Å². The van der Waals surface area contributed by atoms with Crippen LogP contribution in [0.5, 0.6) is 0 Å². The molecule has 2 aromatic rings. The van der Waals surface area contributed by atoms with E-state index in [1.54, 1.807) is 0 Å². The van der Waals surface area contributed by atoms with Gasteiger partial charge in [-0.1, -0.05) is 25.1 Å². The van der Waals surface area contributed by atoms with Crippen molar-refractivity contribution in [1.82, 2.24) is 4.98 Å². The summed E-state index contributed by atoms with van der Waals surface area (Å²) in [5.41, 5.74) is 1.75. The van der Waals surface area contributed by atoms with E-state index in [1.807, 2.05) is 31.2 Å². The van der Waals surface area contributed by atoms with Gasteiger partial charge in [0.15, 0.2) is 0 Å². The summed E-state index contributed by atoms with van der Waals surface area (Å²) in [5.74, 6) is 0.200. The second-order valence-electron chi connectivity index (χ2n) is 4.57. The molecule has 2 N–H and O–H groups in total. The van der Waals surface area contributed by atoms with E-state index in [0.29, 0.717) is 5.82 Å². The number of carbonyl (C=O) groups excluding carboxylic acids is 1. The fourth-order valence-electron chi connectivity index (χ4n) is 1.91. The molecule has 0 aliphatic heterocycles. The van der Waals surface area contributed by atoms with Crippen molar-refractivity contribution in [2.24, 2.45) is 0 Å². The predicted octanol–water partition coefficient (Wildman–Crippen LogP) is 2.60. The maximum atomic E-state index is 11.9. The van der Waals surface area contributed by atoms with E-state index in [0.717, 1.165) is 23.9 Å². The predicted molar refractivity (Wildman–Crippen MR) is 83.8 cm³/mol. The van der Waals surface area contributed by atoms with Gasteiger partial charge in [-0.15, -0.1) is 0 Å². The minimum absolute atomic E-state index is 0.0306. The van der Waals surface area contributed by atoms with Gasteiger partial charge in [0.05, 0.1) is 11.5 Å². The van der Waals surface area contributed by atoms with Crippen molar-refractivity contribution in [3.63, 3.8) is 0 Å². The summed E-state index contributed by atoms with van der Waals surface area (Å²) in [6.45, 7) is 2.05. The molecule has 2 rings (SSSR count). The summed E-state index contributed by atoms with van der Waals surface area (Å²) < 4.78 is 0. The van der Waals surface area contributed by atoms with Gasteiger partial charge in [-0.25, -0.2) is 4.98 Å². The molecule has 0 saturated heterocycles. The van der Waals surface area contributed by atoms with Crippen molar-refractivity contribution in [1.29, 1.82) is 0 Å². The van der Waals surface area contributed by atoms with Crippen molar-refractivity contribution >= 4 is 23.1 Å². The number of para-hydroxylation sites is 1. The summed E-state index contributed by atoms with van der Waals surface area (Å²) in [6.07, 6.45) is 1.97. The van der Waals surface area contributed by atoms with Gasteiger partial charge in [0, 0.05) is 11.8 Å². The zero-order valence-corrected chi connectivity index (χ0v) is 12.1. The molecule has 0 saturated carbocycles. The lowest BCUT2D eigenvalue weighted by Gasteiger charge is -2.10. The highest BCUT2D eigenvalue weighted by molar-refractivity contribution is 5.94. The van der Waals surface area contributed by atoms with E-state index in [2.05, 4.69) is 15.6 Å². The molecule has 0 atom stereocenters. The molecular weight excluding hydrogens is 284 g/mol. The Morgan fingerprint density at radius 3 is 2.68 bits per heavy atom. The Labute approximate surface area is 127 Å². The molecule has 0 spiro atoms. The van der Waals surface area contributed by atoms with Gasteiger partial charge in [-0.3, -0.25) is 14.9 Å². The molecule has 22 heavy (non-hydrogen) atoms. The zero-order chi connectivity index (χ0) is 15.9. The third kappa shape index (κ3) is 4.02. The number of hydrogen-bond acceptors (Lipinski definition) is 5. The zero-order valence-electron chi connectivity index (χ0n) is 12.1. The standard InChI is InChI=1S/C15H16N4O3/c1-2-11-5-3-4-6-13(11)18-15(20)10-17-14-8-7-12(9-16-14)19(21)22/h3-9H,2,10H2,1H3,(H,16,17)(H,18,20). The second kappa shape index (κ2) is 7.16. The average molecular weight is 300 g/mol. The molecule has 7 nitrogen and oxygen atoms in total. The minimum atomic E-state index is -0.523. The molecule has 0 fully saturated rings. The highest BCUT2D eigenvalue weighted by Gasteiger charge is 2.08. The van der Waals surface area contributed by atoms with Crippen molar-refractivity contribution in [2.75, 3.05) is 17.2 Å². The maximum Gasteiger partial charge on any atom is 0.287 e. The van der Waals surface area contributed by atoms with Gasteiger partial charge in [-0.05, 0) is 24.1 Å². The molecule has 1 amide bonds. The molecule has 0 bridgehead atoms. The lowest BCUT2D eigenvalue weighted by Crippen LogP contribution is -2.22. The van der Waals surface area contributed by atoms with Crippen LogP contribution in [-0.2, 0) is 11.2 Å². The first-order chi connectivity index (χ1) is 10.6. The third-order valence-corrected chi connectivity index (χ3v) is 3.06. The number of nitrogens with one attached hydrogen (secondary N) is 2. The molecule has 1 heterocycles. The van der Waals surface area contributed by atoms with E-state index in [1.165, 1.54) is 12.1 Å². The average Bonchev–Trinajstić information content (AvgIpc) is 2.54. The van der Waals surface area contributed by atoms with Crippen LogP contribution in [0.2, 0.25) is 0 Å². The molecule has 0 radical (unpaired) electrons. The summed E-state index contributed by atoms with van der Waals surface area (Å²) in [7, 11) is 0. The van der Waals surface area contributed by atoms with Gasteiger partial charge >= 0.3 is 0 Å². The molecule has 1 aromatic heterocycles. The van der Waals surface area contributed by atoms with Gasteiger partial charge in [-0.2, -0.15) is 0 Å². The van der Waals surface area contributed by atoms with Crippen molar-refractivity contribution in [3.05, 3.63) is 58.3 Å². The molecule has 1 aromatic carbocycles. The number of amides is 1. The molecule has 0 aliphatic carbocycles. The van der Waals surface area contributed by atoms with Crippen LogP contribution >= 0.6 is 0 Å². The summed E-state index contributed by atoms with van der Waals surface area (Å²) in [4.78, 5) is 25.8. The number of pyridine rings is 1. The number of nitro groups is 1. The first kappa shape index (κ1) is 15.4. The van der Waals surface area contributed by atoms with Crippen molar-refractivity contribution in [2.45, 2.75) is 13.3 Å². The lowest BCUT2D eigenvalue weighted by molar-refractivity contribution is -0.385. The van der Waals surface area contributed by atoms with Crippen molar-refractivity contribution < 1.29 is 9.72 Å². The van der Waals surface area contributed by atoms with Crippen LogP contribution in [0.4, 0.5) is 17.2 Å². The van der Waals surface area contributed by atoms with E-state index in [4.69, 9.17) is 0 Å². The van der Waals surface area contributed by atoms with Gasteiger partial charge in [0.2, 0.25) is 5.91 Å². The van der Waals surface area contributed by atoms with Crippen LogP contribution < -0.4 is 10.6 Å². The van der Waals surface area contributed by atoms with E-state index in [-0.39, 0.29) is 18.1 Å². The third-order valence-electron chi connectivity index (χ3n) is 3.06. The normalized spacial score (nSPS) is 10.0. The number of anilines is 2. The van der Waals surface area contributed by atoms with E-state index < -0.39 is 4.92 Å². The van der Waals surface area contributed by atoms with Crippen LogP contribution in [0.1, 0.15) is 12.5 Å². The Balaban J connectivity index is 1.91. The SMILES string of the molecule is CCc1ccccc1NC(=O)CNc1ccc([N+](=O)[O-])cn1. The Kier molecular flexibility index (Phi) is 5.02. The Bertz CT molecular complexity index is 671. The quantitative estimate of drug-likeness (QED) is 0.631. The fourth-order valence-corrected chi connectivity index (χ4v) is 1.91. The fraction of sp³-hybridized carbons (Fsp3) is 0.200. The molecule has 114 valence electrons. The number of rotatable bonds is 6. The Hall–Kier alpha value is -2.96. The van der Waals surface area contributed by atoms with Crippen LogP contribution in [0.3, 0.4) is 0 Å². The highest BCUT2D eigenvalue weighted by Crippen LogP contribution is 2.15. The largest absolute Gasteiger partial charge is 0.361 e. The molecule has 0 unspecified atom stereocenters. The van der Waals surface area contributed by atoms with Crippen LogP contribution in [0.15, 0.2) is 42.6 Å². The first-order valence-corrected chi connectivity index (χ1v) is 6.82. The summed E-state index contributed by atoms with van der Waals surface area (Å²) >= 11 is 0. The number of aromatic nitrogens is 1. The molecular formula is C15H16N4O3. The Morgan fingerprint density at radius 2 is 2.05 bits per heavy atom. The lowest BCUT2D eigenvalue weighted by atomic mass is 10.1. The number of carbonyl (C=O) groups is 1. The van der Waals surface area contributed by atoms with E-state index in [9.17, 15) is 14.9 Å². The van der Waals surface area contributed by atoms with Crippen molar-refractivity contribution in [3.8, 4) is 0 Å². The molecule has 0 aliphatic rings. The van der Waals surface area contributed by atoms with Crippen LogP contribution in [0, 0.1) is 10.1 Å². The van der Waals surface area contributed by atoms with E-state index >= 15 is 0 Å². The topological polar surface area (TPSA) is 97.2 Å². The number of aryl methyl sites for hydroxylation is 1. The highest BCUT2D eigenvalue weighted by atomic mass is 16.6. The summed E-state index contributed by atoms with van der Waals surface area (Å²) in [5, 5.41) is 16.2. The smallest absolute Gasteiger partial charge is 0.287 e. The maximum absolute atomic E-state index is 11.9. The summed E-state index contributed by atoms with van der Waals surface area (Å²) in [6, 6.07) is 10.4. The first-order valence-electron chi connectivity index (χ1n) is 6.82. The minimum Gasteiger partial charge on any atom is -0.361 e. The molecule has 7 heteroatoms. The second-order valence-corrected chi connectivity index (χ2v) is 4.57.